The molecule has 0 fully saturated rings. The van der Waals surface area contributed by atoms with Crippen molar-refractivity contribution in [3.63, 3.8) is 0 Å². The summed E-state index contributed by atoms with van der Waals surface area (Å²) in [5, 5.41) is 19.7. The van der Waals surface area contributed by atoms with E-state index in [-0.39, 0.29) is 0 Å². The minimum atomic E-state index is -1.41. The molecule has 1 amide bonds. The van der Waals surface area contributed by atoms with Crippen LogP contribution in [0.5, 0.6) is 0 Å². The van der Waals surface area contributed by atoms with Crippen LogP contribution < -0.4 is 5.32 Å². The summed E-state index contributed by atoms with van der Waals surface area (Å²) < 4.78 is 0. The Morgan fingerprint density at radius 1 is 1.73 bits per heavy atom. The van der Waals surface area contributed by atoms with Crippen LogP contribution in [0, 0.1) is 11.3 Å². The van der Waals surface area contributed by atoms with Gasteiger partial charge in [-0.3, -0.25) is 4.79 Å². The second-order valence-corrected chi connectivity index (χ2v) is 2.88. The molecule has 0 saturated carbocycles. The number of nitriles is 1. The van der Waals surface area contributed by atoms with Crippen LogP contribution in [0.2, 0.25) is 0 Å². The second kappa shape index (κ2) is 3.35. The molecule has 0 aliphatic rings. The van der Waals surface area contributed by atoms with Crippen LogP contribution >= 0.6 is 0 Å². The Morgan fingerprint density at radius 2 is 2.18 bits per heavy atom. The van der Waals surface area contributed by atoms with Crippen LogP contribution in [0.1, 0.15) is 20.8 Å². The maximum absolute atomic E-state index is 10.9. The molecule has 4 nitrogen and oxygen atoms in total. The van der Waals surface area contributed by atoms with Gasteiger partial charge >= 0.3 is 0 Å². The Morgan fingerprint density at radius 3 is 2.45 bits per heavy atom. The molecule has 0 aromatic rings. The molecule has 1 atom stereocenters. The van der Waals surface area contributed by atoms with Crippen molar-refractivity contribution in [1.82, 2.24) is 5.32 Å². The van der Waals surface area contributed by atoms with Crippen LogP contribution in [-0.2, 0) is 4.79 Å². The summed E-state index contributed by atoms with van der Waals surface area (Å²) in [7, 11) is 0. The number of hydrogen-bond acceptors (Lipinski definition) is 3. The van der Waals surface area contributed by atoms with Crippen molar-refractivity contribution < 1.29 is 9.90 Å². The van der Waals surface area contributed by atoms with Crippen LogP contribution in [0.3, 0.4) is 0 Å². The molecule has 0 spiro atoms. The molecule has 0 rings (SSSR count). The molecule has 0 saturated heterocycles. The van der Waals surface area contributed by atoms with Gasteiger partial charge in [0.25, 0.3) is 5.91 Å². The van der Waals surface area contributed by atoms with Crippen LogP contribution in [0.4, 0.5) is 0 Å². The first-order valence-electron chi connectivity index (χ1n) is 3.31. The Kier molecular flexibility index (Phi) is 3.02. The number of aliphatic hydroxyl groups is 1. The van der Waals surface area contributed by atoms with Gasteiger partial charge in [-0.15, -0.1) is 0 Å². The predicted octanol–water partition coefficient (Wildman–Crippen LogP) is -0.214. The van der Waals surface area contributed by atoms with E-state index in [0.29, 0.717) is 0 Å². The summed E-state index contributed by atoms with van der Waals surface area (Å²) in [6, 6.07) is 1.26. The van der Waals surface area contributed by atoms with E-state index in [4.69, 9.17) is 10.4 Å². The number of nitrogens with one attached hydrogen (secondary N) is 1. The molecule has 0 aromatic carbocycles. The zero-order valence-corrected chi connectivity index (χ0v) is 6.88. The third-order valence-corrected chi connectivity index (χ3v) is 1.10. The fourth-order valence-electron chi connectivity index (χ4n) is 0.406. The van der Waals surface area contributed by atoms with Gasteiger partial charge in [-0.25, -0.2) is 0 Å². The van der Waals surface area contributed by atoms with E-state index in [1.165, 1.54) is 13.8 Å². The van der Waals surface area contributed by atoms with Crippen LogP contribution in [0.15, 0.2) is 0 Å². The molecule has 4 heteroatoms. The monoisotopic (exact) mass is 156 g/mol. The summed E-state index contributed by atoms with van der Waals surface area (Å²) in [4.78, 5) is 10.9. The molecular weight excluding hydrogens is 144 g/mol. The lowest BCUT2D eigenvalue weighted by molar-refractivity contribution is -0.136. The first-order valence-corrected chi connectivity index (χ1v) is 3.31. The fourth-order valence-corrected chi connectivity index (χ4v) is 0.406. The first-order chi connectivity index (χ1) is 4.88. The summed E-state index contributed by atoms with van der Waals surface area (Å²) in [5.41, 5.74) is -1.41. The van der Waals surface area contributed by atoms with Gasteiger partial charge in [0.05, 0.1) is 6.07 Å². The highest BCUT2D eigenvalue weighted by Crippen LogP contribution is 2.00. The molecule has 0 bridgehead atoms. The van der Waals surface area contributed by atoms with Crippen molar-refractivity contribution in [2.24, 2.45) is 0 Å². The van der Waals surface area contributed by atoms with Crippen LogP contribution in [-0.4, -0.2) is 22.7 Å². The maximum Gasteiger partial charge on any atom is 0.252 e. The summed E-state index contributed by atoms with van der Waals surface area (Å²) in [6.45, 7) is 4.28. The molecule has 0 unspecified atom stereocenters. The largest absolute Gasteiger partial charge is 0.381 e. The highest BCUT2D eigenvalue weighted by atomic mass is 16.3. The smallest absolute Gasteiger partial charge is 0.252 e. The van der Waals surface area contributed by atoms with Crippen molar-refractivity contribution in [2.75, 3.05) is 0 Å². The Bertz CT molecular complexity index is 188. The highest BCUT2D eigenvalue weighted by molar-refractivity contribution is 5.84. The third kappa shape index (κ3) is 3.58. The third-order valence-electron chi connectivity index (χ3n) is 1.10. The second-order valence-electron chi connectivity index (χ2n) is 2.88. The van der Waals surface area contributed by atoms with Gasteiger partial charge in [-0.2, -0.15) is 5.26 Å². The number of carbonyl (C=O) groups is 1. The van der Waals surface area contributed by atoms with Crippen LogP contribution in [0.25, 0.3) is 0 Å². The number of nitrogens with zero attached hydrogens (tertiary/aromatic N) is 1. The fraction of sp³-hybridized carbons (Fsp3) is 0.714. The minimum absolute atomic E-state index is 0.536. The van der Waals surface area contributed by atoms with Crippen molar-refractivity contribution in [1.29, 1.82) is 5.26 Å². The van der Waals surface area contributed by atoms with Gasteiger partial charge in [0.15, 0.2) is 0 Å². The number of carbonyl (C=O) groups excluding carboxylic acids is 1. The average molecular weight is 156 g/mol. The molecule has 2 N–H and O–H groups in total. The van der Waals surface area contributed by atoms with Gasteiger partial charge in [0.1, 0.15) is 11.6 Å². The zero-order chi connectivity index (χ0) is 9.07. The normalized spacial score (nSPS) is 13.4. The molecule has 0 aromatic heterocycles. The van der Waals surface area contributed by atoms with Crippen molar-refractivity contribution >= 4 is 5.91 Å². The van der Waals surface area contributed by atoms with Gasteiger partial charge in [-0.05, 0) is 20.8 Å². The molecule has 0 heterocycles. The molecule has 0 aliphatic carbocycles. The zero-order valence-electron chi connectivity index (χ0n) is 6.88. The SMILES string of the molecule is C[C@H](C#N)NC(=O)C(C)(C)O. The quantitative estimate of drug-likeness (QED) is 0.580. The summed E-state index contributed by atoms with van der Waals surface area (Å²) >= 11 is 0. The van der Waals surface area contributed by atoms with Gasteiger partial charge < -0.3 is 10.4 Å². The van der Waals surface area contributed by atoms with E-state index in [1.807, 2.05) is 6.07 Å². The number of rotatable bonds is 2. The molecular formula is C7H12N2O2. The topological polar surface area (TPSA) is 73.1 Å². The lowest BCUT2D eigenvalue weighted by atomic mass is 10.1. The number of hydrogen-bond donors (Lipinski definition) is 2. The van der Waals surface area contributed by atoms with Crippen molar-refractivity contribution in [3.8, 4) is 6.07 Å². The van der Waals surface area contributed by atoms with Gasteiger partial charge in [0, 0.05) is 0 Å². The summed E-state index contributed by atoms with van der Waals surface area (Å²) in [5.74, 6) is -0.536. The maximum atomic E-state index is 10.9. The number of amides is 1. The minimum Gasteiger partial charge on any atom is -0.381 e. The van der Waals surface area contributed by atoms with Crippen molar-refractivity contribution in [2.45, 2.75) is 32.4 Å². The Hall–Kier alpha value is -1.08. The van der Waals surface area contributed by atoms with Gasteiger partial charge in [0.2, 0.25) is 0 Å². The lowest BCUT2D eigenvalue weighted by Gasteiger charge is -2.17. The lowest BCUT2D eigenvalue weighted by Crippen LogP contribution is -2.45. The van der Waals surface area contributed by atoms with Crippen molar-refractivity contribution in [3.05, 3.63) is 0 Å². The van der Waals surface area contributed by atoms with Gasteiger partial charge in [-0.1, -0.05) is 0 Å². The summed E-state index contributed by atoms with van der Waals surface area (Å²) in [6.07, 6.45) is 0. The first kappa shape index (κ1) is 9.92. The Labute approximate surface area is 65.8 Å². The Balaban J connectivity index is 4.01. The van der Waals surface area contributed by atoms with E-state index in [9.17, 15) is 4.79 Å². The molecule has 62 valence electrons. The van der Waals surface area contributed by atoms with E-state index in [2.05, 4.69) is 5.32 Å². The van der Waals surface area contributed by atoms with E-state index in [0.717, 1.165) is 0 Å². The highest BCUT2D eigenvalue weighted by Gasteiger charge is 2.24. The molecule has 0 radical (unpaired) electrons. The molecule has 0 aliphatic heterocycles. The van der Waals surface area contributed by atoms with E-state index in [1.54, 1.807) is 6.92 Å². The standard InChI is InChI=1S/C7H12N2O2/c1-5(4-8)9-6(10)7(2,3)11/h5,11H,1-3H3,(H,9,10)/t5-/m1/s1. The molecule has 11 heavy (non-hydrogen) atoms. The van der Waals surface area contributed by atoms with E-state index < -0.39 is 17.6 Å². The van der Waals surface area contributed by atoms with E-state index >= 15 is 0 Å². The average Bonchev–Trinajstić information content (AvgIpc) is 1.85. The predicted molar refractivity (Wildman–Crippen MR) is 39.5 cm³/mol.